The Morgan fingerprint density at radius 2 is 2.14 bits per heavy atom. The second-order valence-corrected chi connectivity index (χ2v) is 5.55. The van der Waals surface area contributed by atoms with E-state index in [2.05, 4.69) is 5.32 Å². The molecule has 1 amide bonds. The van der Waals surface area contributed by atoms with Crippen LogP contribution in [-0.2, 0) is 10.6 Å². The zero-order valence-electron chi connectivity index (χ0n) is 11.6. The van der Waals surface area contributed by atoms with E-state index < -0.39 is 5.97 Å². The maximum Gasteiger partial charge on any atom is 0.350 e. The topological polar surface area (TPSA) is 55.4 Å². The van der Waals surface area contributed by atoms with Crippen molar-refractivity contribution in [2.24, 2.45) is 0 Å². The van der Waals surface area contributed by atoms with Crippen molar-refractivity contribution < 1.29 is 14.3 Å². The highest BCUT2D eigenvalue weighted by molar-refractivity contribution is 7.12. The molecule has 1 aromatic carbocycles. The third-order valence-corrected chi connectivity index (χ3v) is 4.31. The van der Waals surface area contributed by atoms with Gasteiger partial charge in [-0.3, -0.25) is 4.79 Å². The van der Waals surface area contributed by atoms with Gasteiger partial charge in [-0.25, -0.2) is 4.79 Å². The summed E-state index contributed by atoms with van der Waals surface area (Å²) in [5.41, 5.74) is 2.67. The minimum atomic E-state index is -0.460. The van der Waals surface area contributed by atoms with Gasteiger partial charge in [0, 0.05) is 11.4 Å². The molecule has 110 valence electrons. The van der Waals surface area contributed by atoms with Crippen LogP contribution in [0.15, 0.2) is 29.6 Å². The van der Waals surface area contributed by atoms with Crippen molar-refractivity contribution >= 4 is 40.5 Å². The Labute approximate surface area is 131 Å². The Bertz CT molecular complexity index is 681. The average Bonchev–Trinajstić information content (AvgIpc) is 2.87. The zero-order valence-corrected chi connectivity index (χ0v) is 13.2. The molecule has 6 heteroatoms. The van der Waals surface area contributed by atoms with Crippen molar-refractivity contribution in [3.8, 4) is 0 Å². The molecule has 2 aromatic rings. The summed E-state index contributed by atoms with van der Waals surface area (Å²) in [5.74, 6) is -0.405. The first-order valence-electron chi connectivity index (χ1n) is 6.19. The molecule has 0 aliphatic carbocycles. The molecule has 0 saturated heterocycles. The lowest BCUT2D eigenvalue weighted by atomic mass is 10.1. The molecule has 0 saturated carbocycles. The summed E-state index contributed by atoms with van der Waals surface area (Å²) in [4.78, 5) is 24.4. The Morgan fingerprint density at radius 3 is 2.81 bits per heavy atom. The third kappa shape index (κ3) is 3.43. The average molecular weight is 324 g/mol. The van der Waals surface area contributed by atoms with Gasteiger partial charge in [0.2, 0.25) is 0 Å². The van der Waals surface area contributed by atoms with Crippen LogP contribution in [0, 0.1) is 6.92 Å². The number of hydrogen-bond donors (Lipinski definition) is 1. The Hall–Kier alpha value is -1.85. The molecule has 1 heterocycles. The van der Waals surface area contributed by atoms with Crippen LogP contribution in [0.4, 0.5) is 5.69 Å². The number of anilines is 1. The largest absolute Gasteiger partial charge is 0.465 e. The Morgan fingerprint density at radius 1 is 1.38 bits per heavy atom. The molecule has 0 unspecified atom stereocenters. The minimum absolute atomic E-state index is 0.284. The molecule has 2 rings (SSSR count). The summed E-state index contributed by atoms with van der Waals surface area (Å²) in [5, 5.41) is 4.57. The first kappa shape index (κ1) is 15.5. The molecule has 0 aliphatic rings. The second kappa shape index (κ2) is 6.74. The van der Waals surface area contributed by atoms with Crippen LogP contribution < -0.4 is 5.32 Å². The summed E-state index contributed by atoms with van der Waals surface area (Å²) in [6, 6.07) is 7.04. The van der Waals surface area contributed by atoms with E-state index in [9.17, 15) is 9.59 Å². The smallest absolute Gasteiger partial charge is 0.350 e. The highest BCUT2D eigenvalue weighted by Crippen LogP contribution is 2.28. The van der Waals surface area contributed by atoms with E-state index >= 15 is 0 Å². The number of carbonyl (C=O) groups is 2. The van der Waals surface area contributed by atoms with E-state index in [0.29, 0.717) is 22.0 Å². The number of alkyl halides is 1. The molecule has 0 spiro atoms. The third-order valence-electron chi connectivity index (χ3n) is 2.93. The van der Waals surface area contributed by atoms with E-state index in [4.69, 9.17) is 16.3 Å². The Balaban J connectivity index is 2.27. The van der Waals surface area contributed by atoms with Gasteiger partial charge in [0.15, 0.2) is 0 Å². The molecule has 0 fully saturated rings. The molecule has 1 N–H and O–H groups in total. The molecule has 21 heavy (non-hydrogen) atoms. The number of amides is 1. The summed E-state index contributed by atoms with van der Waals surface area (Å²) in [6.07, 6.45) is 0. The summed E-state index contributed by atoms with van der Waals surface area (Å²) in [7, 11) is 1.31. The highest BCUT2D eigenvalue weighted by Gasteiger charge is 2.19. The molecule has 4 nitrogen and oxygen atoms in total. The molecular formula is C15H14ClNO3S. The van der Waals surface area contributed by atoms with Crippen molar-refractivity contribution in [2.75, 3.05) is 12.4 Å². The quantitative estimate of drug-likeness (QED) is 0.687. The van der Waals surface area contributed by atoms with Crippen LogP contribution in [0.5, 0.6) is 0 Å². The van der Waals surface area contributed by atoms with Gasteiger partial charge in [-0.05, 0) is 35.6 Å². The van der Waals surface area contributed by atoms with Crippen LogP contribution in [0.25, 0.3) is 0 Å². The van der Waals surface area contributed by atoms with Crippen molar-refractivity contribution in [1.29, 1.82) is 0 Å². The number of aryl methyl sites for hydroxylation is 1. The molecule has 0 aliphatic heterocycles. The summed E-state index contributed by atoms with van der Waals surface area (Å²) in [6.45, 7) is 1.83. The minimum Gasteiger partial charge on any atom is -0.465 e. The Kier molecular flexibility index (Phi) is 4.98. The van der Waals surface area contributed by atoms with Crippen molar-refractivity contribution in [2.45, 2.75) is 12.8 Å². The number of ether oxygens (including phenoxy) is 1. The van der Waals surface area contributed by atoms with Crippen molar-refractivity contribution in [1.82, 2.24) is 0 Å². The molecule has 0 bridgehead atoms. The van der Waals surface area contributed by atoms with Crippen LogP contribution >= 0.6 is 22.9 Å². The van der Waals surface area contributed by atoms with E-state index in [0.717, 1.165) is 11.1 Å². The van der Waals surface area contributed by atoms with Gasteiger partial charge in [-0.15, -0.1) is 22.9 Å². The molecule has 0 atom stereocenters. The van der Waals surface area contributed by atoms with E-state index in [1.54, 1.807) is 23.6 Å². The lowest BCUT2D eigenvalue weighted by Crippen LogP contribution is -2.15. The SMILES string of the molecule is COC(=O)c1scc(C)c1NC(=O)c1cccc(CCl)c1. The molecular weight excluding hydrogens is 310 g/mol. The fraction of sp³-hybridized carbons (Fsp3) is 0.200. The van der Waals surface area contributed by atoms with Gasteiger partial charge in [0.05, 0.1) is 12.8 Å². The van der Waals surface area contributed by atoms with Gasteiger partial charge in [0.1, 0.15) is 4.88 Å². The van der Waals surface area contributed by atoms with Crippen LogP contribution in [0.3, 0.4) is 0 Å². The maximum atomic E-state index is 12.3. The summed E-state index contributed by atoms with van der Waals surface area (Å²) < 4.78 is 4.72. The molecule has 0 radical (unpaired) electrons. The number of methoxy groups -OCH3 is 1. The fourth-order valence-electron chi connectivity index (χ4n) is 1.82. The number of esters is 1. The monoisotopic (exact) mass is 323 g/mol. The number of benzene rings is 1. The van der Waals surface area contributed by atoms with E-state index in [1.807, 2.05) is 13.0 Å². The second-order valence-electron chi connectivity index (χ2n) is 4.40. The van der Waals surface area contributed by atoms with Crippen molar-refractivity contribution in [3.63, 3.8) is 0 Å². The summed E-state index contributed by atoms with van der Waals surface area (Å²) >= 11 is 7.01. The predicted molar refractivity (Wildman–Crippen MR) is 84.3 cm³/mol. The standard InChI is InChI=1S/C15H14ClNO3S/c1-9-8-21-13(15(19)20-2)12(9)17-14(18)11-5-3-4-10(6-11)7-16/h3-6,8H,7H2,1-2H3,(H,17,18). The van der Waals surface area contributed by atoms with Crippen LogP contribution in [-0.4, -0.2) is 19.0 Å². The van der Waals surface area contributed by atoms with Gasteiger partial charge < -0.3 is 10.1 Å². The van der Waals surface area contributed by atoms with E-state index in [1.165, 1.54) is 18.4 Å². The normalized spacial score (nSPS) is 10.2. The number of hydrogen-bond acceptors (Lipinski definition) is 4. The maximum absolute atomic E-state index is 12.3. The number of rotatable bonds is 4. The number of halogens is 1. The fourth-order valence-corrected chi connectivity index (χ4v) is 2.91. The number of thiophene rings is 1. The number of nitrogens with one attached hydrogen (secondary N) is 1. The lowest BCUT2D eigenvalue weighted by Gasteiger charge is -2.08. The van der Waals surface area contributed by atoms with Crippen LogP contribution in [0.1, 0.15) is 31.2 Å². The lowest BCUT2D eigenvalue weighted by molar-refractivity contribution is 0.0607. The van der Waals surface area contributed by atoms with Gasteiger partial charge in [-0.1, -0.05) is 12.1 Å². The molecule has 1 aromatic heterocycles. The van der Waals surface area contributed by atoms with Gasteiger partial charge in [0.25, 0.3) is 5.91 Å². The van der Waals surface area contributed by atoms with Gasteiger partial charge in [-0.2, -0.15) is 0 Å². The highest BCUT2D eigenvalue weighted by atomic mass is 35.5. The first-order valence-corrected chi connectivity index (χ1v) is 7.61. The first-order chi connectivity index (χ1) is 10.1. The van der Waals surface area contributed by atoms with Crippen LogP contribution in [0.2, 0.25) is 0 Å². The van der Waals surface area contributed by atoms with Crippen molar-refractivity contribution in [3.05, 3.63) is 51.2 Å². The van der Waals surface area contributed by atoms with E-state index in [-0.39, 0.29) is 5.91 Å². The number of carbonyl (C=O) groups excluding carboxylic acids is 2. The van der Waals surface area contributed by atoms with Gasteiger partial charge >= 0.3 is 5.97 Å². The zero-order chi connectivity index (χ0) is 15.4. The predicted octanol–water partition coefficient (Wildman–Crippen LogP) is 3.83.